The molecule has 0 unspecified atom stereocenters. The number of anilines is 3. The molecule has 0 saturated heterocycles. The van der Waals surface area contributed by atoms with Gasteiger partial charge >= 0.3 is 0 Å². The van der Waals surface area contributed by atoms with Crippen LogP contribution < -0.4 is 34.2 Å². The lowest BCUT2D eigenvalue weighted by Crippen LogP contribution is -2.30. The first-order valence-electron chi connectivity index (χ1n) is 22.4. The summed E-state index contributed by atoms with van der Waals surface area (Å²) in [5.74, 6) is -0.516. The molecule has 69 heavy (non-hydrogen) atoms. The highest BCUT2D eigenvalue weighted by molar-refractivity contribution is 6.05. The predicted molar refractivity (Wildman–Crippen MR) is 267 cm³/mol. The van der Waals surface area contributed by atoms with E-state index in [-0.39, 0.29) is 17.7 Å². The SMILES string of the molecule is O=C(Nc1ccc(-[n+]2ccc(-c3cc[n+](-c4cccc(C(=O)Nc5ccccc5)c4)cc3)cc2)cc1)c1ccc(-[n+]2ccc(-c3cc[n+](-c4cccc(C(=O)Nc5ccccc5)c4)cc3)cc2)cc1. The molecular formula is C59H45N7O3+4. The minimum absolute atomic E-state index is 0.160. The van der Waals surface area contributed by atoms with Crippen LogP contribution in [0.25, 0.3) is 45.0 Å². The van der Waals surface area contributed by atoms with E-state index >= 15 is 0 Å². The molecule has 0 aliphatic heterocycles. The normalized spacial score (nSPS) is 10.8. The first-order chi connectivity index (χ1) is 33.9. The van der Waals surface area contributed by atoms with Crippen LogP contribution in [0.1, 0.15) is 31.1 Å². The van der Waals surface area contributed by atoms with Gasteiger partial charge in [-0.15, -0.1) is 0 Å². The van der Waals surface area contributed by atoms with Gasteiger partial charge in [0.15, 0.2) is 49.6 Å². The number of para-hydroxylation sites is 2. The molecule has 0 spiro atoms. The van der Waals surface area contributed by atoms with Crippen LogP contribution in [0.5, 0.6) is 0 Å². The van der Waals surface area contributed by atoms with Gasteiger partial charge in [-0.3, -0.25) is 14.4 Å². The second-order valence-electron chi connectivity index (χ2n) is 16.3. The summed E-state index contributed by atoms with van der Waals surface area (Å²) in [6.45, 7) is 0. The molecule has 0 aliphatic rings. The Bertz CT molecular complexity index is 3400. The molecule has 10 nitrogen and oxygen atoms in total. The van der Waals surface area contributed by atoms with Crippen LogP contribution in [0.4, 0.5) is 17.1 Å². The highest BCUT2D eigenvalue weighted by Gasteiger charge is 2.16. The van der Waals surface area contributed by atoms with E-state index in [9.17, 15) is 14.4 Å². The van der Waals surface area contributed by atoms with E-state index in [2.05, 4.69) is 64.5 Å². The van der Waals surface area contributed by atoms with Crippen LogP contribution in [-0.4, -0.2) is 17.7 Å². The zero-order chi connectivity index (χ0) is 46.9. The van der Waals surface area contributed by atoms with Gasteiger partial charge < -0.3 is 16.0 Å². The van der Waals surface area contributed by atoms with E-state index < -0.39 is 0 Å². The summed E-state index contributed by atoms with van der Waals surface area (Å²) in [5.41, 5.74) is 11.8. The molecule has 4 aromatic heterocycles. The lowest BCUT2D eigenvalue weighted by Gasteiger charge is -2.06. The zero-order valence-electron chi connectivity index (χ0n) is 37.3. The molecule has 330 valence electrons. The van der Waals surface area contributed by atoms with Crippen LogP contribution in [0.2, 0.25) is 0 Å². The Balaban J connectivity index is 0.721. The Morgan fingerprint density at radius 2 is 0.565 bits per heavy atom. The van der Waals surface area contributed by atoms with Crippen molar-refractivity contribution in [1.82, 2.24) is 0 Å². The minimum Gasteiger partial charge on any atom is -0.322 e. The lowest BCUT2D eigenvalue weighted by molar-refractivity contribution is -0.596. The molecule has 0 radical (unpaired) electrons. The van der Waals surface area contributed by atoms with Gasteiger partial charge in [-0.05, 0) is 82.9 Å². The Labute approximate surface area is 399 Å². The van der Waals surface area contributed by atoms with Gasteiger partial charge in [0, 0.05) is 131 Å². The second kappa shape index (κ2) is 19.8. The third kappa shape index (κ3) is 10.3. The molecule has 0 aliphatic carbocycles. The summed E-state index contributed by atoms with van der Waals surface area (Å²) in [6.07, 6.45) is 16.0. The van der Waals surface area contributed by atoms with Crippen LogP contribution in [-0.2, 0) is 0 Å². The standard InChI is InChI=1S/C59H42N7O3/c67-57(47-17-21-53(22-18-47)63-33-25-43(26-34-63)45-29-37-65(38-30-45)55-15-7-9-48(41-55)58(68)60-50-11-3-1-4-12-50)62-52-19-23-54(24-20-52)64-35-27-44(28-36-64)46-31-39-66(40-32-46)56-16-8-10-49(42-56)59(69)61-51-13-5-2-6-14-51/h1-42H/q+1/p+3. The quantitative estimate of drug-likeness (QED) is 0.107. The maximum absolute atomic E-state index is 13.3. The van der Waals surface area contributed by atoms with E-state index in [1.54, 1.807) is 6.07 Å². The lowest BCUT2D eigenvalue weighted by atomic mass is 10.1. The van der Waals surface area contributed by atoms with Gasteiger partial charge in [0.2, 0.25) is 22.7 Å². The maximum atomic E-state index is 13.3. The fourth-order valence-electron chi connectivity index (χ4n) is 7.93. The fourth-order valence-corrected chi connectivity index (χ4v) is 7.93. The molecule has 4 heterocycles. The summed E-state index contributed by atoms with van der Waals surface area (Å²) in [5, 5.41) is 8.91. The smallest absolute Gasteiger partial charge is 0.255 e. The van der Waals surface area contributed by atoms with Crippen LogP contribution in [0.15, 0.2) is 256 Å². The molecule has 0 bridgehead atoms. The molecule has 10 aromatic rings. The fraction of sp³-hybridized carbons (Fsp3) is 0. The average molecular weight is 900 g/mol. The molecule has 0 fully saturated rings. The van der Waals surface area contributed by atoms with Gasteiger partial charge in [-0.25, -0.2) is 0 Å². The number of carbonyl (C=O) groups excluding carboxylic acids is 3. The number of hydrogen-bond donors (Lipinski definition) is 3. The molecule has 10 heteroatoms. The summed E-state index contributed by atoms with van der Waals surface area (Å²) >= 11 is 0. The minimum atomic E-state index is -0.194. The van der Waals surface area contributed by atoms with E-state index in [4.69, 9.17) is 0 Å². The second-order valence-corrected chi connectivity index (χ2v) is 16.3. The molecule has 10 rings (SSSR count). The van der Waals surface area contributed by atoms with Crippen molar-refractivity contribution < 1.29 is 32.7 Å². The molecular weight excluding hydrogens is 855 g/mol. The van der Waals surface area contributed by atoms with Crippen molar-refractivity contribution in [1.29, 1.82) is 0 Å². The number of aromatic nitrogens is 4. The summed E-state index contributed by atoms with van der Waals surface area (Å²) in [4.78, 5) is 39.0. The van der Waals surface area contributed by atoms with Crippen molar-refractivity contribution in [2.75, 3.05) is 16.0 Å². The summed E-state index contributed by atoms with van der Waals surface area (Å²) in [7, 11) is 0. The van der Waals surface area contributed by atoms with Crippen molar-refractivity contribution in [3.63, 3.8) is 0 Å². The number of hydrogen-bond acceptors (Lipinski definition) is 3. The predicted octanol–water partition coefficient (Wildman–Crippen LogP) is 9.88. The third-order valence-electron chi connectivity index (χ3n) is 11.7. The number of amides is 3. The first kappa shape index (κ1) is 43.2. The number of benzene rings is 6. The Morgan fingerprint density at radius 3 is 0.928 bits per heavy atom. The highest BCUT2D eigenvalue weighted by atomic mass is 16.2. The van der Waals surface area contributed by atoms with Crippen LogP contribution in [0.3, 0.4) is 0 Å². The highest BCUT2D eigenvalue weighted by Crippen LogP contribution is 2.20. The van der Waals surface area contributed by atoms with Gasteiger partial charge in [0.1, 0.15) is 0 Å². The number of rotatable bonds is 12. The van der Waals surface area contributed by atoms with Crippen LogP contribution in [0, 0.1) is 0 Å². The van der Waals surface area contributed by atoms with Gasteiger partial charge in [0.25, 0.3) is 17.7 Å². The molecule has 3 amide bonds. The Hall–Kier alpha value is -9.67. The molecule has 0 saturated carbocycles. The van der Waals surface area contributed by atoms with E-state index in [1.165, 1.54) is 0 Å². The monoisotopic (exact) mass is 899 g/mol. The topological polar surface area (TPSA) is 103 Å². The molecule has 6 aromatic carbocycles. The van der Waals surface area contributed by atoms with E-state index in [0.29, 0.717) is 22.4 Å². The summed E-state index contributed by atoms with van der Waals surface area (Å²) in [6, 6.07) is 65.6. The van der Waals surface area contributed by atoms with Crippen molar-refractivity contribution in [2.24, 2.45) is 0 Å². The van der Waals surface area contributed by atoms with Crippen molar-refractivity contribution in [3.8, 4) is 45.0 Å². The van der Waals surface area contributed by atoms with E-state index in [1.807, 2.05) is 220 Å². The first-order valence-corrected chi connectivity index (χ1v) is 22.4. The van der Waals surface area contributed by atoms with Crippen molar-refractivity contribution in [2.45, 2.75) is 0 Å². The number of nitrogens with zero attached hydrogens (tertiary/aromatic N) is 4. The van der Waals surface area contributed by atoms with Crippen LogP contribution >= 0.6 is 0 Å². The zero-order valence-corrected chi connectivity index (χ0v) is 37.3. The number of carbonyl (C=O) groups is 3. The van der Waals surface area contributed by atoms with Crippen molar-refractivity contribution in [3.05, 3.63) is 273 Å². The van der Waals surface area contributed by atoms with Gasteiger partial charge in [0.05, 0.1) is 0 Å². The molecule has 3 N–H and O–H groups in total. The van der Waals surface area contributed by atoms with Gasteiger partial charge in [-0.1, -0.05) is 48.5 Å². The number of pyridine rings is 4. The van der Waals surface area contributed by atoms with Crippen molar-refractivity contribution >= 4 is 34.8 Å². The van der Waals surface area contributed by atoms with Gasteiger partial charge in [-0.2, -0.15) is 18.3 Å². The third-order valence-corrected chi connectivity index (χ3v) is 11.7. The number of nitrogens with one attached hydrogen (secondary N) is 3. The summed E-state index contributed by atoms with van der Waals surface area (Å²) < 4.78 is 8.01. The molecule has 0 atom stereocenters. The Kier molecular flexibility index (Phi) is 12.4. The Morgan fingerprint density at radius 1 is 0.261 bits per heavy atom. The maximum Gasteiger partial charge on any atom is 0.255 e. The van der Waals surface area contributed by atoms with E-state index in [0.717, 1.165) is 56.4 Å². The average Bonchev–Trinajstić information content (AvgIpc) is 3.42. The largest absolute Gasteiger partial charge is 0.322 e.